The summed E-state index contributed by atoms with van der Waals surface area (Å²) in [6.07, 6.45) is -0.229. The Balaban J connectivity index is 1.62. The molecule has 142 valence electrons. The Kier molecular flexibility index (Phi) is 4.15. The fourth-order valence-corrected chi connectivity index (χ4v) is 4.01. The summed E-state index contributed by atoms with van der Waals surface area (Å²) in [5, 5.41) is 3.24. The molecule has 4 rings (SSSR count). The molecular formula is C22H25ClN2O2. The second kappa shape index (κ2) is 6.16. The van der Waals surface area contributed by atoms with Crippen molar-refractivity contribution in [1.29, 1.82) is 0 Å². The number of ether oxygens (including phenoxy) is 1. The van der Waals surface area contributed by atoms with Gasteiger partial charge in [0.25, 0.3) is 0 Å². The predicted molar refractivity (Wildman–Crippen MR) is 111 cm³/mol. The van der Waals surface area contributed by atoms with Gasteiger partial charge in [-0.25, -0.2) is 4.79 Å². The largest absolute Gasteiger partial charge is 0.444 e. The summed E-state index contributed by atoms with van der Waals surface area (Å²) < 4.78 is 5.45. The number of likely N-dealkylation sites (tertiary alicyclic amines) is 1. The van der Waals surface area contributed by atoms with Gasteiger partial charge in [-0.05, 0) is 69.5 Å². The number of nitrogens with one attached hydrogen (secondary N) is 1. The number of carbonyl (C=O) groups excluding carboxylic acids is 1. The van der Waals surface area contributed by atoms with Crippen molar-refractivity contribution in [2.45, 2.75) is 46.1 Å². The molecule has 27 heavy (non-hydrogen) atoms. The minimum atomic E-state index is -0.457. The number of H-pyrrole nitrogens is 1. The molecule has 0 spiro atoms. The van der Waals surface area contributed by atoms with Crippen LogP contribution in [-0.2, 0) is 4.74 Å². The van der Waals surface area contributed by atoms with Crippen LogP contribution in [-0.4, -0.2) is 34.7 Å². The number of halogens is 1. The van der Waals surface area contributed by atoms with E-state index in [0.717, 1.165) is 21.6 Å². The maximum absolute atomic E-state index is 12.2. The summed E-state index contributed by atoms with van der Waals surface area (Å²) in [6.45, 7) is 11.3. The van der Waals surface area contributed by atoms with E-state index in [-0.39, 0.29) is 6.09 Å². The first kappa shape index (κ1) is 18.2. The molecule has 0 atom stereocenters. The van der Waals surface area contributed by atoms with E-state index >= 15 is 0 Å². The van der Waals surface area contributed by atoms with Crippen LogP contribution in [0.3, 0.4) is 0 Å². The van der Waals surface area contributed by atoms with Gasteiger partial charge in [0.05, 0.1) is 0 Å². The molecule has 0 aliphatic carbocycles. The van der Waals surface area contributed by atoms with Crippen molar-refractivity contribution in [3.8, 4) is 0 Å². The molecule has 2 heterocycles. The van der Waals surface area contributed by atoms with Gasteiger partial charge in [-0.15, -0.1) is 0 Å². The molecule has 0 radical (unpaired) electrons. The number of carbonyl (C=O) groups is 1. The average Bonchev–Trinajstić information content (AvgIpc) is 2.87. The topological polar surface area (TPSA) is 45.3 Å². The standard InChI is InChI=1S/C22H25ClN2O2/c1-12-13(2)20-16-8-14(6-7-18(16)24-19(20)9-17(12)23)15-10-25(11-15)21(26)27-22(3,4)5/h6-9,15,24H,10-11H2,1-5H3. The van der Waals surface area contributed by atoms with Gasteiger partial charge >= 0.3 is 6.09 Å². The smallest absolute Gasteiger partial charge is 0.410 e. The molecule has 1 aliphatic heterocycles. The van der Waals surface area contributed by atoms with Crippen LogP contribution in [0.1, 0.15) is 43.4 Å². The highest BCUT2D eigenvalue weighted by molar-refractivity contribution is 6.32. The quantitative estimate of drug-likeness (QED) is 0.565. The lowest BCUT2D eigenvalue weighted by Crippen LogP contribution is -2.50. The van der Waals surface area contributed by atoms with Gasteiger partial charge in [0, 0.05) is 45.8 Å². The van der Waals surface area contributed by atoms with Crippen LogP contribution in [0, 0.1) is 13.8 Å². The number of benzene rings is 2. The zero-order valence-electron chi connectivity index (χ0n) is 16.4. The zero-order valence-corrected chi connectivity index (χ0v) is 17.2. The molecular weight excluding hydrogens is 360 g/mol. The molecule has 5 heteroatoms. The third-order valence-corrected chi connectivity index (χ3v) is 5.82. The highest BCUT2D eigenvalue weighted by atomic mass is 35.5. The highest BCUT2D eigenvalue weighted by Crippen LogP contribution is 2.36. The van der Waals surface area contributed by atoms with Crippen molar-refractivity contribution < 1.29 is 9.53 Å². The first-order valence-electron chi connectivity index (χ1n) is 9.33. The molecule has 1 aliphatic rings. The van der Waals surface area contributed by atoms with E-state index in [0.29, 0.717) is 19.0 Å². The second-order valence-corrected chi connectivity index (χ2v) is 8.95. The van der Waals surface area contributed by atoms with E-state index in [1.54, 1.807) is 4.90 Å². The summed E-state index contributed by atoms with van der Waals surface area (Å²) in [6, 6.07) is 8.54. The number of hydrogen-bond donors (Lipinski definition) is 1. The van der Waals surface area contributed by atoms with Crippen molar-refractivity contribution in [2.75, 3.05) is 13.1 Å². The van der Waals surface area contributed by atoms with Gasteiger partial charge in [0.2, 0.25) is 0 Å². The molecule has 1 aromatic heterocycles. The van der Waals surface area contributed by atoms with Crippen LogP contribution < -0.4 is 0 Å². The molecule has 4 nitrogen and oxygen atoms in total. The normalized spacial score (nSPS) is 15.4. The Morgan fingerprint density at radius 2 is 1.85 bits per heavy atom. The second-order valence-electron chi connectivity index (χ2n) is 8.54. The molecule has 3 aromatic rings. The summed E-state index contributed by atoms with van der Waals surface area (Å²) in [5.41, 5.74) is 5.32. The average molecular weight is 385 g/mol. The van der Waals surface area contributed by atoms with Crippen LogP contribution in [0.15, 0.2) is 24.3 Å². The Morgan fingerprint density at radius 1 is 1.15 bits per heavy atom. The Labute approximate surface area is 164 Å². The number of aromatic amines is 1. The first-order valence-corrected chi connectivity index (χ1v) is 9.71. The zero-order chi connectivity index (χ0) is 19.5. The molecule has 1 saturated heterocycles. The minimum Gasteiger partial charge on any atom is -0.444 e. The number of fused-ring (bicyclic) bond motifs is 3. The molecule has 0 saturated carbocycles. The molecule has 2 aromatic carbocycles. The summed E-state index contributed by atoms with van der Waals surface area (Å²) in [4.78, 5) is 17.4. The van der Waals surface area contributed by atoms with Crippen LogP contribution >= 0.6 is 11.6 Å². The number of rotatable bonds is 1. The van der Waals surface area contributed by atoms with Gasteiger partial charge < -0.3 is 14.6 Å². The first-order chi connectivity index (χ1) is 12.6. The Morgan fingerprint density at radius 3 is 2.52 bits per heavy atom. The lowest BCUT2D eigenvalue weighted by molar-refractivity contribution is 0.00821. The van der Waals surface area contributed by atoms with E-state index < -0.39 is 5.60 Å². The van der Waals surface area contributed by atoms with Crippen molar-refractivity contribution in [3.05, 3.63) is 46.0 Å². The third kappa shape index (κ3) is 3.16. The van der Waals surface area contributed by atoms with Gasteiger partial charge in [-0.2, -0.15) is 0 Å². The van der Waals surface area contributed by atoms with E-state index in [2.05, 4.69) is 37.0 Å². The van der Waals surface area contributed by atoms with E-state index in [4.69, 9.17) is 16.3 Å². The van der Waals surface area contributed by atoms with Crippen LogP contribution in [0.25, 0.3) is 21.8 Å². The van der Waals surface area contributed by atoms with Gasteiger partial charge in [-0.1, -0.05) is 17.7 Å². The number of amides is 1. The fourth-order valence-electron chi connectivity index (χ4n) is 3.76. The Hall–Kier alpha value is -2.20. The van der Waals surface area contributed by atoms with Crippen molar-refractivity contribution in [2.24, 2.45) is 0 Å². The molecule has 0 unspecified atom stereocenters. The SMILES string of the molecule is Cc1c(Cl)cc2[nH]c3ccc(C4CN(C(=O)OC(C)(C)C)C4)cc3c2c1C. The van der Waals surface area contributed by atoms with Gasteiger partial charge in [0.1, 0.15) is 5.60 Å². The summed E-state index contributed by atoms with van der Waals surface area (Å²) in [5.74, 6) is 0.348. The van der Waals surface area contributed by atoms with E-state index in [9.17, 15) is 4.79 Å². The number of aryl methyl sites for hydroxylation is 1. The molecule has 1 amide bonds. The van der Waals surface area contributed by atoms with Gasteiger partial charge in [0.15, 0.2) is 0 Å². The molecule has 0 bridgehead atoms. The summed E-state index contributed by atoms with van der Waals surface area (Å²) in [7, 11) is 0. The molecule has 1 fully saturated rings. The van der Waals surface area contributed by atoms with Gasteiger partial charge in [-0.3, -0.25) is 0 Å². The monoisotopic (exact) mass is 384 g/mol. The number of hydrogen-bond acceptors (Lipinski definition) is 2. The lowest BCUT2D eigenvalue weighted by atomic mass is 9.90. The van der Waals surface area contributed by atoms with Crippen molar-refractivity contribution in [3.63, 3.8) is 0 Å². The summed E-state index contributed by atoms with van der Waals surface area (Å²) >= 11 is 6.36. The van der Waals surface area contributed by atoms with E-state index in [1.165, 1.54) is 21.9 Å². The van der Waals surface area contributed by atoms with Crippen LogP contribution in [0.4, 0.5) is 4.79 Å². The third-order valence-electron chi connectivity index (χ3n) is 5.42. The minimum absolute atomic E-state index is 0.229. The highest BCUT2D eigenvalue weighted by Gasteiger charge is 2.34. The van der Waals surface area contributed by atoms with Crippen LogP contribution in [0.2, 0.25) is 5.02 Å². The van der Waals surface area contributed by atoms with Crippen molar-refractivity contribution in [1.82, 2.24) is 9.88 Å². The fraction of sp³-hybridized carbons (Fsp3) is 0.409. The number of nitrogens with zero attached hydrogens (tertiary/aromatic N) is 1. The maximum atomic E-state index is 12.2. The maximum Gasteiger partial charge on any atom is 0.410 e. The Bertz CT molecular complexity index is 1060. The lowest BCUT2D eigenvalue weighted by Gasteiger charge is -2.40. The predicted octanol–water partition coefficient (Wildman–Crippen LogP) is 5.93. The number of aromatic nitrogens is 1. The van der Waals surface area contributed by atoms with Crippen LogP contribution in [0.5, 0.6) is 0 Å². The van der Waals surface area contributed by atoms with E-state index in [1.807, 2.05) is 26.8 Å². The van der Waals surface area contributed by atoms with Crippen molar-refractivity contribution >= 4 is 39.5 Å². The molecule has 1 N–H and O–H groups in total.